The van der Waals surface area contributed by atoms with Crippen LogP contribution in [0.1, 0.15) is 37.3 Å². The van der Waals surface area contributed by atoms with Crippen LogP contribution in [0.2, 0.25) is 0 Å². The van der Waals surface area contributed by atoms with Crippen molar-refractivity contribution >= 4 is 23.1 Å². The summed E-state index contributed by atoms with van der Waals surface area (Å²) in [4.78, 5) is 13.6. The van der Waals surface area contributed by atoms with E-state index < -0.39 is 0 Å². The molecule has 0 amide bonds. The van der Waals surface area contributed by atoms with Crippen LogP contribution in [-0.2, 0) is 10.5 Å². The fourth-order valence-corrected chi connectivity index (χ4v) is 5.35. The largest absolute Gasteiger partial charge is 0.493 e. The van der Waals surface area contributed by atoms with Crippen molar-refractivity contribution in [3.8, 4) is 11.5 Å². The minimum atomic E-state index is -0.264. The van der Waals surface area contributed by atoms with Crippen molar-refractivity contribution in [2.75, 3.05) is 14.2 Å². The molecule has 0 N–H and O–H groups in total. The molecule has 0 fully saturated rings. The van der Waals surface area contributed by atoms with E-state index >= 15 is 0 Å². The molecule has 0 spiro atoms. The standard InChI is InChI=1S/C19H20O3S/c1-19-7-6-12-13-9-16(22-3)15(21-2)8-11(13)10-23-18(12)14(19)4-5-17(19)20/h4,8-9H,5-7,10H2,1-3H3/t19-/m0/s1. The Morgan fingerprint density at radius 1 is 1.17 bits per heavy atom. The van der Waals surface area contributed by atoms with E-state index in [2.05, 4.69) is 25.1 Å². The van der Waals surface area contributed by atoms with Crippen molar-refractivity contribution in [2.24, 2.45) is 5.41 Å². The molecular weight excluding hydrogens is 308 g/mol. The highest BCUT2D eigenvalue weighted by Crippen LogP contribution is 2.57. The minimum Gasteiger partial charge on any atom is -0.493 e. The lowest BCUT2D eigenvalue weighted by Crippen LogP contribution is -2.29. The van der Waals surface area contributed by atoms with Gasteiger partial charge in [0.15, 0.2) is 11.5 Å². The summed E-state index contributed by atoms with van der Waals surface area (Å²) in [6.45, 7) is 2.11. The van der Waals surface area contributed by atoms with Crippen LogP contribution in [0.5, 0.6) is 11.5 Å². The summed E-state index contributed by atoms with van der Waals surface area (Å²) in [5.41, 5.74) is 4.92. The van der Waals surface area contributed by atoms with Gasteiger partial charge in [-0.2, -0.15) is 0 Å². The number of thioether (sulfide) groups is 1. The lowest BCUT2D eigenvalue weighted by molar-refractivity contribution is -0.124. The maximum Gasteiger partial charge on any atom is 0.161 e. The second kappa shape index (κ2) is 5.17. The van der Waals surface area contributed by atoms with E-state index in [-0.39, 0.29) is 5.41 Å². The van der Waals surface area contributed by atoms with Crippen LogP contribution in [0.3, 0.4) is 0 Å². The number of carbonyl (C=O) groups excluding carboxylic acids is 1. The van der Waals surface area contributed by atoms with E-state index in [0.29, 0.717) is 12.2 Å². The number of benzene rings is 1. The molecule has 4 rings (SSSR count). The Bertz CT molecular complexity index is 775. The van der Waals surface area contributed by atoms with Crippen molar-refractivity contribution in [1.82, 2.24) is 0 Å². The first-order valence-electron chi connectivity index (χ1n) is 7.94. The van der Waals surface area contributed by atoms with Crippen molar-refractivity contribution < 1.29 is 14.3 Å². The highest BCUT2D eigenvalue weighted by molar-refractivity contribution is 8.02. The normalized spacial score (nSPS) is 25.5. The van der Waals surface area contributed by atoms with Gasteiger partial charge in [0, 0.05) is 17.1 Å². The summed E-state index contributed by atoms with van der Waals surface area (Å²) in [5, 5.41) is 0. The van der Waals surface area contributed by atoms with Gasteiger partial charge in [0.25, 0.3) is 0 Å². The molecular formula is C19H20O3S. The smallest absolute Gasteiger partial charge is 0.161 e. The third kappa shape index (κ3) is 2.01. The van der Waals surface area contributed by atoms with Gasteiger partial charge >= 0.3 is 0 Å². The molecule has 0 unspecified atom stereocenters. The molecule has 1 aromatic rings. The van der Waals surface area contributed by atoms with Crippen LogP contribution in [0, 0.1) is 5.41 Å². The Morgan fingerprint density at radius 2 is 1.91 bits per heavy atom. The average molecular weight is 328 g/mol. The Hall–Kier alpha value is -1.68. The molecule has 1 aliphatic heterocycles. The zero-order valence-corrected chi connectivity index (χ0v) is 14.5. The van der Waals surface area contributed by atoms with E-state index in [4.69, 9.17) is 9.47 Å². The third-order valence-electron chi connectivity index (χ3n) is 5.40. The summed E-state index contributed by atoms with van der Waals surface area (Å²) in [7, 11) is 3.35. The molecule has 1 aromatic carbocycles. The SMILES string of the molecule is COc1cc2c(cc1OC)C1=C(SC2)C2=CCC(=O)[C@@]2(C)CC1. The maximum absolute atomic E-state index is 12.3. The van der Waals surface area contributed by atoms with Gasteiger partial charge < -0.3 is 9.47 Å². The zero-order valence-electron chi connectivity index (χ0n) is 13.7. The number of carbonyl (C=O) groups is 1. The molecule has 0 bridgehead atoms. The molecule has 1 atom stereocenters. The van der Waals surface area contributed by atoms with E-state index in [9.17, 15) is 4.79 Å². The number of rotatable bonds is 2. The monoisotopic (exact) mass is 328 g/mol. The van der Waals surface area contributed by atoms with Crippen molar-refractivity contribution in [3.05, 3.63) is 39.8 Å². The molecule has 0 radical (unpaired) electrons. The van der Waals surface area contributed by atoms with Crippen molar-refractivity contribution in [3.63, 3.8) is 0 Å². The number of methoxy groups -OCH3 is 2. The lowest BCUT2D eigenvalue weighted by Gasteiger charge is -2.37. The molecule has 2 aliphatic carbocycles. The fraction of sp³-hybridized carbons (Fsp3) is 0.421. The number of allylic oxidation sites excluding steroid dienone is 3. The summed E-state index contributed by atoms with van der Waals surface area (Å²) in [5.74, 6) is 2.84. The molecule has 1 heterocycles. The number of ketones is 1. The molecule has 0 aromatic heterocycles. The van der Waals surface area contributed by atoms with Gasteiger partial charge in [-0.05, 0) is 54.2 Å². The molecule has 23 heavy (non-hydrogen) atoms. The molecule has 0 saturated carbocycles. The first-order chi connectivity index (χ1) is 11.1. The number of hydrogen-bond donors (Lipinski definition) is 0. The predicted molar refractivity (Wildman–Crippen MR) is 92.8 cm³/mol. The topological polar surface area (TPSA) is 35.5 Å². The first kappa shape index (κ1) is 14.9. The van der Waals surface area contributed by atoms with Gasteiger partial charge in [-0.3, -0.25) is 4.79 Å². The fourth-order valence-electron chi connectivity index (χ4n) is 3.96. The molecule has 3 nitrogen and oxygen atoms in total. The summed E-state index contributed by atoms with van der Waals surface area (Å²) in [6.07, 6.45) is 4.59. The first-order valence-corrected chi connectivity index (χ1v) is 8.92. The van der Waals surface area contributed by atoms with Crippen LogP contribution in [0.25, 0.3) is 5.57 Å². The highest BCUT2D eigenvalue weighted by atomic mass is 32.2. The number of ether oxygens (including phenoxy) is 2. The van der Waals surface area contributed by atoms with E-state index in [1.54, 1.807) is 14.2 Å². The predicted octanol–water partition coefficient (Wildman–Crippen LogP) is 4.36. The van der Waals surface area contributed by atoms with E-state index in [1.807, 2.05) is 11.8 Å². The number of Topliss-reactive ketones (excluding diaryl/α,β-unsaturated/α-hetero) is 1. The Morgan fingerprint density at radius 3 is 2.65 bits per heavy atom. The van der Waals surface area contributed by atoms with Crippen LogP contribution in [0.4, 0.5) is 0 Å². The second-order valence-corrected chi connectivity index (χ2v) is 7.52. The summed E-state index contributed by atoms with van der Waals surface area (Å²) < 4.78 is 10.9. The number of fused-ring (bicyclic) bond motifs is 4. The van der Waals surface area contributed by atoms with Crippen molar-refractivity contribution in [1.29, 1.82) is 0 Å². The van der Waals surface area contributed by atoms with E-state index in [0.717, 1.165) is 30.1 Å². The van der Waals surface area contributed by atoms with Gasteiger partial charge in [0.1, 0.15) is 5.78 Å². The maximum atomic E-state index is 12.3. The number of hydrogen-bond acceptors (Lipinski definition) is 4. The Balaban J connectivity index is 1.87. The Kier molecular flexibility index (Phi) is 3.34. The molecule has 4 heteroatoms. The zero-order chi connectivity index (χ0) is 16.2. The second-order valence-electron chi connectivity index (χ2n) is 6.54. The average Bonchev–Trinajstić information content (AvgIpc) is 2.88. The summed E-state index contributed by atoms with van der Waals surface area (Å²) in [6, 6.07) is 4.19. The molecule has 3 aliphatic rings. The van der Waals surface area contributed by atoms with Crippen LogP contribution in [-0.4, -0.2) is 20.0 Å². The Labute approximate surface area is 140 Å². The van der Waals surface area contributed by atoms with Crippen LogP contribution in [0.15, 0.2) is 28.7 Å². The van der Waals surface area contributed by atoms with Gasteiger partial charge in [-0.15, -0.1) is 11.8 Å². The van der Waals surface area contributed by atoms with Gasteiger partial charge in [0.05, 0.1) is 19.6 Å². The van der Waals surface area contributed by atoms with Crippen LogP contribution >= 0.6 is 11.8 Å². The third-order valence-corrected chi connectivity index (χ3v) is 6.61. The van der Waals surface area contributed by atoms with Gasteiger partial charge in [0.2, 0.25) is 0 Å². The minimum absolute atomic E-state index is 0.264. The molecule has 0 saturated heterocycles. The summed E-state index contributed by atoms with van der Waals surface area (Å²) >= 11 is 1.86. The lowest BCUT2D eigenvalue weighted by atomic mass is 9.71. The van der Waals surface area contributed by atoms with Gasteiger partial charge in [-0.1, -0.05) is 6.08 Å². The molecule has 120 valence electrons. The van der Waals surface area contributed by atoms with E-state index in [1.165, 1.54) is 27.2 Å². The van der Waals surface area contributed by atoms with Gasteiger partial charge in [-0.25, -0.2) is 0 Å². The highest BCUT2D eigenvalue weighted by Gasteiger charge is 2.46. The van der Waals surface area contributed by atoms with Crippen molar-refractivity contribution in [2.45, 2.75) is 31.9 Å². The van der Waals surface area contributed by atoms with Crippen LogP contribution < -0.4 is 9.47 Å². The quantitative estimate of drug-likeness (QED) is 0.808.